The van der Waals surface area contributed by atoms with Gasteiger partial charge in [0.1, 0.15) is 20.1 Å². The molecule has 566 valence electrons. The molecule has 2 saturated heterocycles. The second kappa shape index (κ2) is 43.9. The number of carbonyl (C=O) groups is 2. The summed E-state index contributed by atoms with van der Waals surface area (Å²) < 4.78 is 14.7. The number of aromatic nitrogens is 4. The Balaban J connectivity index is 1.33. The van der Waals surface area contributed by atoms with Gasteiger partial charge in [-0.25, -0.2) is 9.97 Å². The molecule has 14 heteroatoms. The molecule has 8 bridgehead atoms. The van der Waals surface area contributed by atoms with Gasteiger partial charge in [0.25, 0.3) is 11.8 Å². The molecule has 10 nitrogen and oxygen atoms in total. The van der Waals surface area contributed by atoms with Gasteiger partial charge in [-0.3, -0.25) is 19.4 Å². The van der Waals surface area contributed by atoms with Gasteiger partial charge in [0, 0.05) is 46.4 Å². The first-order valence-corrected chi connectivity index (χ1v) is 43.5. The summed E-state index contributed by atoms with van der Waals surface area (Å²) in [7, 11) is 0. The van der Waals surface area contributed by atoms with Crippen molar-refractivity contribution in [2.24, 2.45) is 0 Å². The highest BCUT2D eigenvalue weighted by Gasteiger charge is 2.33. The van der Waals surface area contributed by atoms with Crippen molar-refractivity contribution in [1.29, 1.82) is 0 Å². The SMILES string of the molecule is CCCCCCCCC(CCCCCC)c1c2nc(c(C#Cc3cc(OCCCCCC)c(/C=C4/SC(=S)N(CC)C4=O)cc3C)c3nc(c(C(CCCCCC)CCCCCCCC)c4ccc([nH]4)c(C#Cc4cc(C)c(/C=C5/SC(=S)N(CC)C5=O)cc4OCCCCCC)c4ccc1[nH]4)C=C3)C=C2. The van der Waals surface area contributed by atoms with E-state index in [1.807, 2.05) is 26.0 Å². The van der Waals surface area contributed by atoms with Crippen LogP contribution in [0.15, 0.2) is 58.3 Å². The van der Waals surface area contributed by atoms with Crippen LogP contribution in [0.3, 0.4) is 0 Å². The second-order valence-corrected chi connectivity index (χ2v) is 32.7. The molecule has 2 N–H and O–H groups in total. The standard InChI is InChI=1S/C92H120N6O4S4/c1-11-19-25-31-33-37-43-67(41-35-27-21-13-3)87-79-53-49-75(93-79)73(47-45-69-61-84(102-58-40-30-24-16-6)72(60-65(69)9)64-86-90(100)98(18-8)92(104)106-86)76-50-54-80(94-76)88(68(42-36-28-22-14-4)44-38-34-32-26-20-12-2)82-56-52-78(96-82)74(77-51-55-81(87)95-77)48-46-70-59-66(10)71(62-83(70)101-57-39-29-23-15-5)63-85-89(99)97(17-7)91(103)105-85/h49-56,59-64,67-68,95-96H,11-44,57-58H2,1-10H3/b75-73?,76-73?,77-74?,78-74?,85-63+,86-64+,87-79?,87-81?,88-80?,88-82?. The molecule has 7 heterocycles. The number of hydrogen-bond acceptors (Lipinski definition) is 10. The largest absolute Gasteiger partial charge is 0.493 e. The van der Waals surface area contributed by atoms with Gasteiger partial charge in [-0.1, -0.05) is 280 Å². The molecule has 9 rings (SSSR count). The van der Waals surface area contributed by atoms with Crippen LogP contribution in [0.5, 0.6) is 11.5 Å². The molecular weight excluding hydrogens is 1380 g/mol. The summed E-state index contributed by atoms with van der Waals surface area (Å²) >= 11 is 14.1. The van der Waals surface area contributed by atoms with Crippen LogP contribution in [0, 0.1) is 37.5 Å². The predicted octanol–water partition coefficient (Wildman–Crippen LogP) is 26.0. The molecule has 2 amide bonds. The molecule has 2 fully saturated rings. The molecule has 0 saturated carbocycles. The van der Waals surface area contributed by atoms with Crippen molar-refractivity contribution < 1.29 is 19.1 Å². The van der Waals surface area contributed by atoms with E-state index in [-0.39, 0.29) is 23.7 Å². The Morgan fingerprint density at radius 2 is 0.811 bits per heavy atom. The number of ether oxygens (including phenoxy) is 2. The van der Waals surface area contributed by atoms with Crippen molar-refractivity contribution >= 4 is 127 Å². The summed E-state index contributed by atoms with van der Waals surface area (Å²) in [5.74, 6) is 16.8. The van der Waals surface area contributed by atoms with Gasteiger partial charge in [0.05, 0.1) is 73.5 Å². The summed E-state index contributed by atoms with van der Waals surface area (Å²) in [5.41, 5.74) is 16.8. The third kappa shape index (κ3) is 23.1. The lowest BCUT2D eigenvalue weighted by Gasteiger charge is -2.19. The number of thioether (sulfide) groups is 2. The number of carbonyl (C=O) groups excluding carboxylic acids is 2. The number of nitrogens with zero attached hydrogens (tertiary/aromatic N) is 4. The summed E-state index contributed by atoms with van der Waals surface area (Å²) in [6.07, 6.45) is 49.6. The molecule has 0 aliphatic carbocycles. The van der Waals surface area contributed by atoms with Crippen LogP contribution in [-0.2, 0) is 9.59 Å². The van der Waals surface area contributed by atoms with Gasteiger partial charge >= 0.3 is 0 Å². The Kier molecular flexibility index (Phi) is 34.4. The number of unbranched alkanes of at least 4 members (excludes halogenated alkanes) is 22. The number of rotatable bonds is 42. The summed E-state index contributed by atoms with van der Waals surface area (Å²) in [6, 6.07) is 17.5. The predicted molar refractivity (Wildman–Crippen MR) is 463 cm³/mol. The molecule has 5 aromatic rings. The maximum atomic E-state index is 13.7. The third-order valence-electron chi connectivity index (χ3n) is 21.1. The first-order valence-electron chi connectivity index (χ1n) is 41.0. The fourth-order valence-electron chi connectivity index (χ4n) is 14.9. The van der Waals surface area contributed by atoms with Crippen molar-refractivity contribution in [2.75, 3.05) is 26.3 Å². The number of thiocarbonyl (C=S) groups is 2. The Bertz CT molecular complexity index is 4150. The molecule has 106 heavy (non-hydrogen) atoms. The van der Waals surface area contributed by atoms with Gasteiger partial charge in [-0.2, -0.15) is 0 Å². The highest BCUT2D eigenvalue weighted by atomic mass is 32.2. The topological polar surface area (TPSA) is 116 Å². The van der Waals surface area contributed by atoms with Crippen molar-refractivity contribution in [3.8, 4) is 35.2 Å². The highest BCUT2D eigenvalue weighted by molar-refractivity contribution is 8.27. The number of aromatic amines is 2. The Labute approximate surface area is 655 Å². The van der Waals surface area contributed by atoms with Crippen LogP contribution in [0.25, 0.3) is 58.5 Å². The van der Waals surface area contributed by atoms with E-state index in [0.717, 1.165) is 192 Å². The fourth-order valence-corrected chi connectivity index (χ4v) is 17.6. The quantitative estimate of drug-likeness (QED) is 0.0166. The number of H-pyrrole nitrogens is 2. The molecule has 0 radical (unpaired) electrons. The molecule has 2 atom stereocenters. The molecule has 3 aromatic heterocycles. The van der Waals surface area contributed by atoms with Gasteiger partial charge in [0.2, 0.25) is 0 Å². The van der Waals surface area contributed by atoms with Crippen LogP contribution in [-0.4, -0.2) is 76.5 Å². The number of benzene rings is 2. The zero-order chi connectivity index (χ0) is 75.2. The van der Waals surface area contributed by atoms with E-state index in [0.29, 0.717) is 56.3 Å². The second-order valence-electron chi connectivity index (χ2n) is 29.4. The van der Waals surface area contributed by atoms with E-state index in [2.05, 4.69) is 162 Å². The first kappa shape index (κ1) is 83.1. The average molecular weight is 1500 g/mol. The van der Waals surface area contributed by atoms with Gasteiger partial charge in [0.15, 0.2) is 0 Å². The number of hydrogen-bond donors (Lipinski definition) is 2. The van der Waals surface area contributed by atoms with Crippen LogP contribution in [0.4, 0.5) is 0 Å². The highest BCUT2D eigenvalue weighted by Crippen LogP contribution is 2.41. The van der Waals surface area contributed by atoms with Crippen molar-refractivity contribution in [3.63, 3.8) is 0 Å². The van der Waals surface area contributed by atoms with Crippen LogP contribution >= 0.6 is 48.0 Å². The summed E-state index contributed by atoms with van der Waals surface area (Å²) in [6.45, 7) is 23.9. The molecular formula is C92H120N6O4S4. The molecule has 4 aliphatic rings. The lowest BCUT2D eigenvalue weighted by atomic mass is 9.87. The molecule has 2 aromatic carbocycles. The van der Waals surface area contributed by atoms with Gasteiger partial charge < -0.3 is 19.4 Å². The number of likely N-dealkylation sites (N-methyl/N-ethyl adjacent to an activating group) is 2. The van der Waals surface area contributed by atoms with E-state index in [4.69, 9.17) is 43.9 Å². The Morgan fingerprint density at radius 3 is 1.26 bits per heavy atom. The normalized spacial score (nSPS) is 14.8. The van der Waals surface area contributed by atoms with Crippen molar-refractivity contribution in [2.45, 2.75) is 287 Å². The van der Waals surface area contributed by atoms with Crippen LogP contribution in [0.1, 0.15) is 351 Å². The maximum Gasteiger partial charge on any atom is 0.266 e. The maximum absolute atomic E-state index is 13.7. The average Bonchev–Trinajstić information content (AvgIpc) is 1.64. The van der Waals surface area contributed by atoms with Crippen LogP contribution < -0.4 is 9.47 Å². The fraction of sp³-hybridized carbons (Fsp3) is 0.522. The van der Waals surface area contributed by atoms with E-state index in [9.17, 15) is 9.59 Å². The van der Waals surface area contributed by atoms with Crippen LogP contribution in [0.2, 0.25) is 0 Å². The van der Waals surface area contributed by atoms with Crippen molar-refractivity contribution in [3.05, 3.63) is 137 Å². The number of amides is 2. The monoisotopic (exact) mass is 1500 g/mol. The minimum absolute atomic E-state index is 0.0612. The smallest absolute Gasteiger partial charge is 0.266 e. The minimum Gasteiger partial charge on any atom is -0.493 e. The number of aryl methyl sites for hydroxylation is 2. The third-order valence-corrected chi connectivity index (χ3v) is 23.9. The molecule has 0 spiro atoms. The summed E-state index contributed by atoms with van der Waals surface area (Å²) in [5, 5.41) is 0. The number of fused-ring (bicyclic) bond motifs is 8. The Morgan fingerprint density at radius 1 is 0.425 bits per heavy atom. The Hall–Kier alpha value is -6.94. The van der Waals surface area contributed by atoms with E-state index < -0.39 is 0 Å². The lowest BCUT2D eigenvalue weighted by Crippen LogP contribution is -2.27. The lowest BCUT2D eigenvalue weighted by molar-refractivity contribution is -0.122. The first-order chi connectivity index (χ1) is 51.8. The van der Waals surface area contributed by atoms with Gasteiger partial charge in [-0.15, -0.1) is 0 Å². The molecule has 4 aliphatic heterocycles. The van der Waals surface area contributed by atoms with E-state index in [1.165, 1.54) is 137 Å². The summed E-state index contributed by atoms with van der Waals surface area (Å²) in [4.78, 5) is 51.7. The zero-order valence-corrected chi connectivity index (χ0v) is 69.0. The van der Waals surface area contributed by atoms with E-state index in [1.54, 1.807) is 9.80 Å². The van der Waals surface area contributed by atoms with Gasteiger partial charge in [-0.05, 0) is 180 Å². The minimum atomic E-state index is -0.0736. The number of nitrogens with one attached hydrogen (secondary N) is 2. The zero-order valence-electron chi connectivity index (χ0n) is 65.7. The van der Waals surface area contributed by atoms with E-state index >= 15 is 0 Å². The van der Waals surface area contributed by atoms with Crippen molar-refractivity contribution in [1.82, 2.24) is 29.7 Å². The molecule has 2 unspecified atom stereocenters.